The van der Waals surface area contributed by atoms with E-state index in [4.69, 9.17) is 0 Å². The lowest BCUT2D eigenvalue weighted by molar-refractivity contribution is -0.142. The van der Waals surface area contributed by atoms with E-state index in [0.717, 1.165) is 12.1 Å². The highest BCUT2D eigenvalue weighted by molar-refractivity contribution is 5.94. The number of carbonyl (C=O) groups excluding carboxylic acids is 2. The van der Waals surface area contributed by atoms with Gasteiger partial charge in [0.25, 0.3) is 5.91 Å². The van der Waals surface area contributed by atoms with Crippen molar-refractivity contribution in [3.8, 4) is 0 Å². The van der Waals surface area contributed by atoms with Crippen LogP contribution in [-0.4, -0.2) is 39.6 Å². The molecule has 0 saturated carbocycles. The highest BCUT2D eigenvalue weighted by Crippen LogP contribution is 2.20. The van der Waals surface area contributed by atoms with Crippen LogP contribution in [0.5, 0.6) is 0 Å². The molecule has 0 radical (unpaired) electrons. The number of aromatic nitrogens is 2. The number of hydrogen-bond donors (Lipinski definition) is 4. The van der Waals surface area contributed by atoms with Gasteiger partial charge in [-0.1, -0.05) is 0 Å². The molecule has 0 aliphatic heterocycles. The molecule has 2 amide bonds. The molecule has 2 rings (SSSR count). The fourth-order valence-corrected chi connectivity index (χ4v) is 2.47. The zero-order valence-electron chi connectivity index (χ0n) is 14.3. The van der Waals surface area contributed by atoms with Crippen LogP contribution in [0.2, 0.25) is 0 Å². The quantitative estimate of drug-likeness (QED) is 0.590. The number of aryl methyl sites for hydroxylation is 2. The summed E-state index contributed by atoms with van der Waals surface area (Å²) in [5, 5.41) is 20.9. The van der Waals surface area contributed by atoms with Crippen molar-refractivity contribution in [1.29, 1.82) is 0 Å². The summed E-state index contributed by atoms with van der Waals surface area (Å²) in [4.78, 5) is 35.4. The summed E-state index contributed by atoms with van der Waals surface area (Å²) in [5.41, 5.74) is 1.71. The number of hydrogen-bond acceptors (Lipinski definition) is 4. The number of benzene rings is 1. The minimum Gasteiger partial charge on any atom is -0.479 e. The Morgan fingerprint density at radius 1 is 1.23 bits per heavy atom. The number of carbonyl (C=O) groups is 3. The third-order valence-corrected chi connectivity index (χ3v) is 3.77. The number of aromatic amines is 1. The predicted octanol–water partition coefficient (Wildman–Crippen LogP) is 1.23. The molecular weight excluding hydrogens is 343 g/mol. The average Bonchev–Trinajstić information content (AvgIpc) is 2.91. The lowest BCUT2D eigenvalue weighted by Gasteiger charge is -2.15. The Balaban J connectivity index is 1.90. The van der Waals surface area contributed by atoms with Gasteiger partial charge in [-0.25, -0.2) is 9.18 Å². The summed E-state index contributed by atoms with van der Waals surface area (Å²) >= 11 is 0. The SMILES string of the molecule is Cc1n[nH]c(C)c1C(NC(=O)CCNC(=O)c1ccc(F)cc1)C(=O)O. The molecule has 0 saturated heterocycles. The normalized spacial score (nSPS) is 11.7. The zero-order valence-corrected chi connectivity index (χ0v) is 14.3. The Bertz CT molecular complexity index is 797. The number of nitrogens with zero attached hydrogens (tertiary/aromatic N) is 1. The topological polar surface area (TPSA) is 124 Å². The number of amides is 2. The van der Waals surface area contributed by atoms with Gasteiger partial charge in [0, 0.05) is 29.8 Å². The highest BCUT2D eigenvalue weighted by atomic mass is 19.1. The van der Waals surface area contributed by atoms with Crippen molar-refractivity contribution < 1.29 is 23.9 Å². The lowest BCUT2D eigenvalue weighted by atomic mass is 10.0. The molecule has 138 valence electrons. The molecule has 1 aromatic heterocycles. The first-order chi connectivity index (χ1) is 12.3. The fraction of sp³-hybridized carbons (Fsp3) is 0.294. The summed E-state index contributed by atoms with van der Waals surface area (Å²) < 4.78 is 12.8. The molecule has 0 aliphatic rings. The average molecular weight is 362 g/mol. The maximum Gasteiger partial charge on any atom is 0.331 e. The fourth-order valence-electron chi connectivity index (χ4n) is 2.47. The maximum atomic E-state index is 12.8. The summed E-state index contributed by atoms with van der Waals surface area (Å²) in [6.07, 6.45) is -0.105. The third kappa shape index (κ3) is 4.65. The van der Waals surface area contributed by atoms with Crippen LogP contribution in [0, 0.1) is 19.7 Å². The third-order valence-electron chi connectivity index (χ3n) is 3.77. The number of rotatable bonds is 7. The number of H-pyrrole nitrogens is 1. The summed E-state index contributed by atoms with van der Waals surface area (Å²) in [5.74, 6) is -2.64. The van der Waals surface area contributed by atoms with Crippen molar-refractivity contribution in [2.75, 3.05) is 6.54 Å². The monoisotopic (exact) mass is 362 g/mol. The van der Waals surface area contributed by atoms with Gasteiger partial charge in [0.2, 0.25) is 5.91 Å². The number of carboxylic acids is 1. The van der Waals surface area contributed by atoms with Gasteiger partial charge in [-0.3, -0.25) is 14.7 Å². The van der Waals surface area contributed by atoms with Crippen molar-refractivity contribution in [2.24, 2.45) is 0 Å². The molecule has 1 unspecified atom stereocenters. The van der Waals surface area contributed by atoms with Crippen LogP contribution in [0.25, 0.3) is 0 Å². The van der Waals surface area contributed by atoms with E-state index in [1.807, 2.05) is 0 Å². The number of aliphatic carboxylic acids is 1. The standard InChI is InChI=1S/C17H19FN4O4/c1-9-14(10(2)22-21-9)15(17(25)26)20-13(23)7-8-19-16(24)11-3-5-12(18)6-4-11/h3-6,15H,7-8H2,1-2H3,(H,19,24)(H,20,23)(H,21,22)(H,25,26). The van der Waals surface area contributed by atoms with E-state index < -0.39 is 29.6 Å². The highest BCUT2D eigenvalue weighted by Gasteiger charge is 2.27. The van der Waals surface area contributed by atoms with E-state index >= 15 is 0 Å². The second-order valence-corrected chi connectivity index (χ2v) is 5.70. The Kier molecular flexibility index (Phi) is 6.05. The van der Waals surface area contributed by atoms with Crippen molar-refractivity contribution >= 4 is 17.8 Å². The van der Waals surface area contributed by atoms with Crippen molar-refractivity contribution in [1.82, 2.24) is 20.8 Å². The van der Waals surface area contributed by atoms with E-state index in [2.05, 4.69) is 20.8 Å². The molecule has 2 aromatic rings. The van der Waals surface area contributed by atoms with Gasteiger partial charge in [-0.15, -0.1) is 0 Å². The molecule has 0 bridgehead atoms. The van der Waals surface area contributed by atoms with E-state index in [0.29, 0.717) is 17.0 Å². The van der Waals surface area contributed by atoms with Crippen molar-refractivity contribution in [3.05, 3.63) is 52.6 Å². The number of nitrogens with one attached hydrogen (secondary N) is 3. The van der Waals surface area contributed by atoms with Crippen molar-refractivity contribution in [3.63, 3.8) is 0 Å². The first-order valence-corrected chi connectivity index (χ1v) is 7.87. The summed E-state index contributed by atoms with van der Waals surface area (Å²) in [6, 6.07) is 3.75. The van der Waals surface area contributed by atoms with E-state index in [1.165, 1.54) is 12.1 Å². The molecule has 1 heterocycles. The Morgan fingerprint density at radius 3 is 2.42 bits per heavy atom. The minimum absolute atomic E-state index is 0.0116. The molecule has 0 aliphatic carbocycles. The first-order valence-electron chi connectivity index (χ1n) is 7.87. The van der Waals surface area contributed by atoms with Gasteiger partial charge in [0.05, 0.1) is 5.69 Å². The Labute approximate surface area is 148 Å². The largest absolute Gasteiger partial charge is 0.479 e. The van der Waals surface area contributed by atoms with E-state index in [-0.39, 0.29) is 18.5 Å². The van der Waals surface area contributed by atoms with Crippen LogP contribution >= 0.6 is 0 Å². The second-order valence-electron chi connectivity index (χ2n) is 5.70. The first kappa shape index (κ1) is 19.1. The molecule has 0 spiro atoms. The number of carboxylic acid groups (broad SMARTS) is 1. The Morgan fingerprint density at radius 2 is 1.88 bits per heavy atom. The Hall–Kier alpha value is -3.23. The van der Waals surface area contributed by atoms with Gasteiger partial charge >= 0.3 is 5.97 Å². The molecular formula is C17H19FN4O4. The van der Waals surface area contributed by atoms with Crippen LogP contribution in [0.4, 0.5) is 4.39 Å². The lowest BCUT2D eigenvalue weighted by Crippen LogP contribution is -2.36. The van der Waals surface area contributed by atoms with Gasteiger partial charge in [-0.2, -0.15) is 5.10 Å². The zero-order chi connectivity index (χ0) is 19.3. The molecule has 8 nitrogen and oxygen atoms in total. The van der Waals surface area contributed by atoms with Crippen LogP contribution in [0.1, 0.15) is 39.8 Å². The smallest absolute Gasteiger partial charge is 0.331 e. The molecule has 9 heteroatoms. The van der Waals surface area contributed by atoms with Crippen LogP contribution in [0.3, 0.4) is 0 Å². The van der Waals surface area contributed by atoms with Crippen molar-refractivity contribution in [2.45, 2.75) is 26.3 Å². The summed E-state index contributed by atoms with van der Waals surface area (Å²) in [6.45, 7) is 3.32. The van der Waals surface area contributed by atoms with Crippen LogP contribution in [-0.2, 0) is 9.59 Å². The maximum absolute atomic E-state index is 12.8. The van der Waals surface area contributed by atoms with E-state index in [9.17, 15) is 23.9 Å². The van der Waals surface area contributed by atoms with Crippen LogP contribution in [0.15, 0.2) is 24.3 Å². The second kappa shape index (κ2) is 8.24. The molecule has 1 aromatic carbocycles. The van der Waals surface area contributed by atoms with Gasteiger partial charge < -0.3 is 15.7 Å². The van der Waals surface area contributed by atoms with Gasteiger partial charge in [-0.05, 0) is 38.1 Å². The predicted molar refractivity (Wildman–Crippen MR) is 89.9 cm³/mol. The molecule has 0 fully saturated rings. The van der Waals surface area contributed by atoms with Crippen LogP contribution < -0.4 is 10.6 Å². The van der Waals surface area contributed by atoms with E-state index in [1.54, 1.807) is 13.8 Å². The minimum atomic E-state index is -1.23. The molecule has 26 heavy (non-hydrogen) atoms. The molecule has 1 atom stereocenters. The van der Waals surface area contributed by atoms with Gasteiger partial charge in [0.1, 0.15) is 5.82 Å². The number of halogens is 1. The summed E-state index contributed by atoms with van der Waals surface area (Å²) in [7, 11) is 0. The van der Waals surface area contributed by atoms with Gasteiger partial charge in [0.15, 0.2) is 6.04 Å². The molecule has 4 N–H and O–H groups in total.